The standard InChI is InChI=1S/C11H23N3O/c1-9(12)11(15)14(3)8-10-6-4-5-7-13(10)2/h9-10H,4-8,12H2,1-3H3/t9?,10-/m0/s1. The van der Waals surface area contributed by atoms with Crippen LogP contribution in [0.2, 0.25) is 0 Å². The summed E-state index contributed by atoms with van der Waals surface area (Å²) < 4.78 is 0. The number of nitrogens with two attached hydrogens (primary N) is 1. The summed E-state index contributed by atoms with van der Waals surface area (Å²) in [5.41, 5.74) is 5.57. The summed E-state index contributed by atoms with van der Waals surface area (Å²) in [5, 5.41) is 0. The Morgan fingerprint density at radius 1 is 1.60 bits per heavy atom. The van der Waals surface area contributed by atoms with Crippen molar-refractivity contribution in [1.82, 2.24) is 9.80 Å². The van der Waals surface area contributed by atoms with E-state index in [-0.39, 0.29) is 11.9 Å². The van der Waals surface area contributed by atoms with Crippen LogP contribution in [0, 0.1) is 0 Å². The summed E-state index contributed by atoms with van der Waals surface area (Å²) in [6.45, 7) is 3.69. The van der Waals surface area contributed by atoms with Gasteiger partial charge in [0.05, 0.1) is 6.04 Å². The summed E-state index contributed by atoms with van der Waals surface area (Å²) in [5.74, 6) is 0.0361. The minimum absolute atomic E-state index is 0.0361. The van der Waals surface area contributed by atoms with Crippen molar-refractivity contribution < 1.29 is 4.79 Å². The van der Waals surface area contributed by atoms with Crippen LogP contribution in [-0.4, -0.2) is 55.0 Å². The lowest BCUT2D eigenvalue weighted by Gasteiger charge is -2.35. The molecule has 1 aliphatic heterocycles. The van der Waals surface area contributed by atoms with E-state index < -0.39 is 0 Å². The smallest absolute Gasteiger partial charge is 0.238 e. The lowest BCUT2D eigenvalue weighted by molar-refractivity contribution is -0.131. The van der Waals surface area contributed by atoms with Crippen molar-refractivity contribution in [1.29, 1.82) is 0 Å². The number of piperidine rings is 1. The van der Waals surface area contributed by atoms with Crippen LogP contribution in [0.5, 0.6) is 0 Å². The Balaban J connectivity index is 2.42. The van der Waals surface area contributed by atoms with Gasteiger partial charge in [-0.2, -0.15) is 0 Å². The fraction of sp³-hybridized carbons (Fsp3) is 0.909. The van der Waals surface area contributed by atoms with Gasteiger partial charge in [0.1, 0.15) is 0 Å². The molecule has 0 bridgehead atoms. The molecule has 1 rings (SSSR count). The second-order valence-electron chi connectivity index (χ2n) is 4.64. The molecule has 2 N–H and O–H groups in total. The predicted octanol–water partition coefficient (Wildman–Crippen LogP) is 0.276. The van der Waals surface area contributed by atoms with E-state index in [0.717, 1.165) is 13.1 Å². The maximum absolute atomic E-state index is 11.6. The third-order valence-corrected chi connectivity index (χ3v) is 3.17. The largest absolute Gasteiger partial charge is 0.343 e. The van der Waals surface area contributed by atoms with Gasteiger partial charge < -0.3 is 15.5 Å². The first-order valence-corrected chi connectivity index (χ1v) is 5.73. The zero-order valence-electron chi connectivity index (χ0n) is 10.1. The van der Waals surface area contributed by atoms with E-state index in [1.54, 1.807) is 11.8 Å². The highest BCUT2D eigenvalue weighted by atomic mass is 16.2. The first kappa shape index (κ1) is 12.5. The molecule has 0 aromatic carbocycles. The molecular formula is C11H23N3O. The average Bonchev–Trinajstić information content (AvgIpc) is 2.20. The number of carbonyl (C=O) groups excluding carboxylic acids is 1. The van der Waals surface area contributed by atoms with E-state index in [4.69, 9.17) is 5.73 Å². The molecule has 2 atom stereocenters. The van der Waals surface area contributed by atoms with Crippen LogP contribution in [0.3, 0.4) is 0 Å². The molecule has 1 heterocycles. The van der Waals surface area contributed by atoms with Gasteiger partial charge in [0.15, 0.2) is 0 Å². The van der Waals surface area contributed by atoms with Crippen LogP contribution >= 0.6 is 0 Å². The molecule has 0 spiro atoms. The van der Waals surface area contributed by atoms with Gasteiger partial charge in [-0.1, -0.05) is 6.42 Å². The van der Waals surface area contributed by atoms with E-state index in [1.807, 2.05) is 7.05 Å². The highest BCUT2D eigenvalue weighted by Crippen LogP contribution is 2.15. The summed E-state index contributed by atoms with van der Waals surface area (Å²) in [6.07, 6.45) is 3.74. The van der Waals surface area contributed by atoms with Crippen molar-refractivity contribution in [2.45, 2.75) is 38.3 Å². The van der Waals surface area contributed by atoms with Crippen LogP contribution in [0.1, 0.15) is 26.2 Å². The van der Waals surface area contributed by atoms with E-state index in [2.05, 4.69) is 11.9 Å². The van der Waals surface area contributed by atoms with Crippen LogP contribution < -0.4 is 5.73 Å². The fourth-order valence-corrected chi connectivity index (χ4v) is 2.13. The van der Waals surface area contributed by atoms with Crippen molar-refractivity contribution in [3.8, 4) is 0 Å². The quantitative estimate of drug-likeness (QED) is 0.732. The first-order chi connectivity index (χ1) is 7.02. The van der Waals surface area contributed by atoms with Crippen molar-refractivity contribution in [2.75, 3.05) is 27.2 Å². The highest BCUT2D eigenvalue weighted by molar-refractivity contribution is 5.80. The first-order valence-electron chi connectivity index (χ1n) is 5.73. The second kappa shape index (κ2) is 5.47. The lowest BCUT2D eigenvalue weighted by Crippen LogP contribution is -2.48. The monoisotopic (exact) mass is 213 g/mol. The van der Waals surface area contributed by atoms with E-state index in [0.29, 0.717) is 6.04 Å². The molecule has 0 saturated carbocycles. The molecule has 0 aliphatic carbocycles. The Labute approximate surface area is 92.4 Å². The molecule has 0 aromatic heterocycles. The van der Waals surface area contributed by atoms with Crippen molar-refractivity contribution in [3.63, 3.8) is 0 Å². The number of likely N-dealkylation sites (N-methyl/N-ethyl adjacent to an activating group) is 2. The van der Waals surface area contributed by atoms with Gasteiger partial charge in [0, 0.05) is 19.6 Å². The Bertz CT molecular complexity index is 218. The zero-order valence-corrected chi connectivity index (χ0v) is 10.1. The lowest BCUT2D eigenvalue weighted by atomic mass is 10.0. The molecular weight excluding hydrogens is 190 g/mol. The third kappa shape index (κ3) is 3.47. The van der Waals surface area contributed by atoms with Gasteiger partial charge in [0.25, 0.3) is 0 Å². The minimum atomic E-state index is -0.385. The molecule has 0 aromatic rings. The molecule has 1 unspecified atom stereocenters. The van der Waals surface area contributed by atoms with Crippen molar-refractivity contribution >= 4 is 5.91 Å². The number of hydrogen-bond acceptors (Lipinski definition) is 3. The van der Waals surface area contributed by atoms with Crippen LogP contribution in [-0.2, 0) is 4.79 Å². The molecule has 1 fully saturated rings. The molecule has 4 nitrogen and oxygen atoms in total. The van der Waals surface area contributed by atoms with Gasteiger partial charge in [0.2, 0.25) is 5.91 Å². The van der Waals surface area contributed by atoms with Crippen molar-refractivity contribution in [3.05, 3.63) is 0 Å². The summed E-state index contributed by atoms with van der Waals surface area (Å²) in [7, 11) is 3.97. The van der Waals surface area contributed by atoms with Gasteiger partial charge in [-0.05, 0) is 33.4 Å². The summed E-state index contributed by atoms with van der Waals surface area (Å²) in [4.78, 5) is 15.7. The number of carbonyl (C=O) groups is 1. The van der Waals surface area contributed by atoms with E-state index in [1.165, 1.54) is 19.3 Å². The molecule has 4 heteroatoms. The Morgan fingerprint density at radius 3 is 2.80 bits per heavy atom. The minimum Gasteiger partial charge on any atom is -0.343 e. The number of likely N-dealkylation sites (tertiary alicyclic amines) is 1. The molecule has 1 saturated heterocycles. The van der Waals surface area contributed by atoms with Crippen molar-refractivity contribution in [2.24, 2.45) is 5.73 Å². The van der Waals surface area contributed by atoms with E-state index >= 15 is 0 Å². The molecule has 0 radical (unpaired) electrons. The van der Waals surface area contributed by atoms with Crippen LogP contribution in [0.15, 0.2) is 0 Å². The van der Waals surface area contributed by atoms with Gasteiger partial charge in [-0.3, -0.25) is 4.79 Å². The van der Waals surface area contributed by atoms with Gasteiger partial charge >= 0.3 is 0 Å². The maximum Gasteiger partial charge on any atom is 0.238 e. The topological polar surface area (TPSA) is 49.6 Å². The molecule has 1 amide bonds. The predicted molar refractivity (Wildman–Crippen MR) is 61.6 cm³/mol. The SMILES string of the molecule is CC(N)C(=O)N(C)C[C@@H]1CCCCN1C. The highest BCUT2D eigenvalue weighted by Gasteiger charge is 2.23. The van der Waals surface area contributed by atoms with Crippen LogP contribution in [0.25, 0.3) is 0 Å². The summed E-state index contributed by atoms with van der Waals surface area (Å²) >= 11 is 0. The van der Waals surface area contributed by atoms with E-state index in [9.17, 15) is 4.79 Å². The third-order valence-electron chi connectivity index (χ3n) is 3.17. The van der Waals surface area contributed by atoms with Gasteiger partial charge in [-0.25, -0.2) is 0 Å². The Kier molecular flexibility index (Phi) is 4.54. The number of amides is 1. The number of nitrogens with zero attached hydrogens (tertiary/aromatic N) is 2. The molecule has 15 heavy (non-hydrogen) atoms. The zero-order chi connectivity index (χ0) is 11.4. The fourth-order valence-electron chi connectivity index (χ4n) is 2.13. The molecule has 88 valence electrons. The Hall–Kier alpha value is -0.610. The Morgan fingerprint density at radius 2 is 2.27 bits per heavy atom. The maximum atomic E-state index is 11.6. The second-order valence-corrected chi connectivity index (χ2v) is 4.64. The van der Waals surface area contributed by atoms with Gasteiger partial charge in [-0.15, -0.1) is 0 Å². The normalized spacial score (nSPS) is 24.9. The summed E-state index contributed by atoms with van der Waals surface area (Å²) in [6, 6.07) is 0.121. The number of rotatable bonds is 3. The van der Waals surface area contributed by atoms with Crippen LogP contribution in [0.4, 0.5) is 0 Å². The molecule has 1 aliphatic rings. The average molecular weight is 213 g/mol. The number of hydrogen-bond donors (Lipinski definition) is 1.